The van der Waals surface area contributed by atoms with Crippen molar-refractivity contribution in [3.05, 3.63) is 65.4 Å². The number of fused-ring (bicyclic) bond motifs is 1. The van der Waals surface area contributed by atoms with E-state index in [0.717, 1.165) is 11.2 Å². The molecular formula is C20H19NO4. The fourth-order valence-corrected chi connectivity index (χ4v) is 2.82. The Morgan fingerprint density at radius 2 is 1.76 bits per heavy atom. The van der Waals surface area contributed by atoms with Gasteiger partial charge in [-0.25, -0.2) is 9.59 Å². The van der Waals surface area contributed by atoms with Crippen molar-refractivity contribution in [3.63, 3.8) is 0 Å². The molecule has 0 aliphatic heterocycles. The summed E-state index contributed by atoms with van der Waals surface area (Å²) in [4.78, 5) is 24.5. The number of ether oxygens (including phenoxy) is 2. The first-order valence-electron chi connectivity index (χ1n) is 8.06. The number of aryl methyl sites for hydroxylation is 1. The molecule has 2 aromatic carbocycles. The summed E-state index contributed by atoms with van der Waals surface area (Å²) in [5.41, 5.74) is 2.65. The third kappa shape index (κ3) is 3.13. The molecular weight excluding hydrogens is 318 g/mol. The third-order valence-corrected chi connectivity index (χ3v) is 4.16. The molecule has 0 spiro atoms. The lowest BCUT2D eigenvalue weighted by Gasteiger charge is -2.05. The Hall–Kier alpha value is -3.08. The molecule has 3 aromatic rings. The summed E-state index contributed by atoms with van der Waals surface area (Å²) in [7, 11) is 1.88. The monoisotopic (exact) mass is 337 g/mol. The molecule has 0 saturated heterocycles. The molecule has 0 fully saturated rings. The molecule has 128 valence electrons. The molecule has 3 rings (SSSR count). The Kier molecular flexibility index (Phi) is 4.57. The van der Waals surface area contributed by atoms with Crippen molar-refractivity contribution < 1.29 is 19.1 Å². The van der Waals surface area contributed by atoms with E-state index >= 15 is 0 Å². The van der Waals surface area contributed by atoms with Gasteiger partial charge >= 0.3 is 11.9 Å². The minimum Gasteiger partial charge on any atom is -0.462 e. The summed E-state index contributed by atoms with van der Waals surface area (Å²) in [6, 6.07) is 14.0. The van der Waals surface area contributed by atoms with Crippen LogP contribution >= 0.6 is 0 Å². The smallest absolute Gasteiger partial charge is 0.343 e. The molecule has 0 amide bonds. The van der Waals surface area contributed by atoms with Crippen LogP contribution in [0.5, 0.6) is 5.75 Å². The van der Waals surface area contributed by atoms with Crippen molar-refractivity contribution in [1.29, 1.82) is 0 Å². The molecule has 0 radical (unpaired) electrons. The molecule has 5 nitrogen and oxygen atoms in total. The van der Waals surface area contributed by atoms with Gasteiger partial charge in [0.2, 0.25) is 0 Å². The molecule has 0 bridgehead atoms. The van der Waals surface area contributed by atoms with E-state index in [4.69, 9.17) is 9.47 Å². The van der Waals surface area contributed by atoms with Gasteiger partial charge in [-0.2, -0.15) is 0 Å². The van der Waals surface area contributed by atoms with Crippen LogP contribution in [0.3, 0.4) is 0 Å². The van der Waals surface area contributed by atoms with Gasteiger partial charge in [0.05, 0.1) is 17.7 Å². The number of hydrogen-bond donors (Lipinski definition) is 0. The standard InChI is InChI=1S/C20H19NO4/c1-4-24-20(23)18-13(2)21(3)17-11-10-15(12-16(17)18)25-19(22)14-8-6-5-7-9-14/h5-12H,4H2,1-3H3. The van der Waals surface area contributed by atoms with E-state index in [0.29, 0.717) is 28.9 Å². The summed E-state index contributed by atoms with van der Waals surface area (Å²) >= 11 is 0. The summed E-state index contributed by atoms with van der Waals surface area (Å²) in [6.45, 7) is 3.94. The third-order valence-electron chi connectivity index (χ3n) is 4.16. The Labute approximate surface area is 145 Å². The minimum absolute atomic E-state index is 0.303. The quantitative estimate of drug-likeness (QED) is 0.535. The Morgan fingerprint density at radius 1 is 1.04 bits per heavy atom. The second-order valence-electron chi connectivity index (χ2n) is 5.67. The summed E-state index contributed by atoms with van der Waals surface area (Å²) in [5, 5.41) is 0.705. The highest BCUT2D eigenvalue weighted by Gasteiger charge is 2.20. The highest BCUT2D eigenvalue weighted by Crippen LogP contribution is 2.29. The maximum Gasteiger partial charge on any atom is 0.343 e. The van der Waals surface area contributed by atoms with Gasteiger partial charge < -0.3 is 14.0 Å². The molecule has 0 aliphatic rings. The van der Waals surface area contributed by atoms with E-state index in [1.54, 1.807) is 43.3 Å². The Bertz CT molecular complexity index is 941. The second kappa shape index (κ2) is 6.81. The first-order chi connectivity index (χ1) is 12.0. The van der Waals surface area contributed by atoms with Gasteiger partial charge in [0.25, 0.3) is 0 Å². The van der Waals surface area contributed by atoms with Gasteiger partial charge in [-0.3, -0.25) is 0 Å². The molecule has 0 atom stereocenters. The van der Waals surface area contributed by atoms with Gasteiger partial charge in [0.1, 0.15) is 5.75 Å². The van der Waals surface area contributed by atoms with Gasteiger partial charge in [0.15, 0.2) is 0 Å². The van der Waals surface area contributed by atoms with Crippen LogP contribution in [-0.2, 0) is 11.8 Å². The maximum absolute atomic E-state index is 12.3. The summed E-state index contributed by atoms with van der Waals surface area (Å²) < 4.78 is 12.5. The van der Waals surface area contributed by atoms with Crippen molar-refractivity contribution in [2.45, 2.75) is 13.8 Å². The average Bonchev–Trinajstić information content (AvgIpc) is 2.86. The molecule has 0 saturated carbocycles. The number of hydrogen-bond acceptors (Lipinski definition) is 4. The number of carbonyl (C=O) groups excluding carboxylic acids is 2. The topological polar surface area (TPSA) is 57.5 Å². The van der Waals surface area contributed by atoms with Gasteiger partial charge in [-0.15, -0.1) is 0 Å². The number of aromatic nitrogens is 1. The zero-order chi connectivity index (χ0) is 18.0. The van der Waals surface area contributed by atoms with E-state index in [2.05, 4.69) is 0 Å². The fraction of sp³-hybridized carbons (Fsp3) is 0.200. The first-order valence-corrected chi connectivity index (χ1v) is 8.06. The lowest BCUT2D eigenvalue weighted by molar-refractivity contribution is 0.0527. The normalized spacial score (nSPS) is 10.7. The van der Waals surface area contributed by atoms with E-state index in [-0.39, 0.29) is 5.97 Å². The lowest BCUT2D eigenvalue weighted by Crippen LogP contribution is -2.08. The van der Waals surface area contributed by atoms with Crippen molar-refractivity contribution in [2.24, 2.45) is 7.05 Å². The zero-order valence-electron chi connectivity index (χ0n) is 14.4. The average molecular weight is 337 g/mol. The molecule has 1 heterocycles. The van der Waals surface area contributed by atoms with Crippen LogP contribution in [0.2, 0.25) is 0 Å². The fourth-order valence-electron chi connectivity index (χ4n) is 2.82. The number of esters is 2. The largest absolute Gasteiger partial charge is 0.462 e. The summed E-state index contributed by atoms with van der Waals surface area (Å²) in [6.07, 6.45) is 0. The highest BCUT2D eigenvalue weighted by atomic mass is 16.5. The molecule has 5 heteroatoms. The number of nitrogens with zero attached hydrogens (tertiary/aromatic N) is 1. The highest BCUT2D eigenvalue weighted by molar-refractivity contribution is 6.06. The molecule has 0 aliphatic carbocycles. The maximum atomic E-state index is 12.3. The molecule has 1 aromatic heterocycles. The van der Waals surface area contributed by atoms with Crippen molar-refractivity contribution >= 4 is 22.8 Å². The van der Waals surface area contributed by atoms with Gasteiger partial charge in [-0.05, 0) is 44.2 Å². The predicted molar refractivity (Wildman–Crippen MR) is 95.0 cm³/mol. The van der Waals surface area contributed by atoms with E-state index in [9.17, 15) is 9.59 Å². The first kappa shape index (κ1) is 16.8. The van der Waals surface area contributed by atoms with Crippen LogP contribution in [0, 0.1) is 6.92 Å². The number of carbonyl (C=O) groups is 2. The zero-order valence-corrected chi connectivity index (χ0v) is 14.4. The van der Waals surface area contributed by atoms with Gasteiger partial charge in [0, 0.05) is 23.6 Å². The van der Waals surface area contributed by atoms with Gasteiger partial charge in [-0.1, -0.05) is 18.2 Å². The second-order valence-corrected chi connectivity index (χ2v) is 5.67. The van der Waals surface area contributed by atoms with Crippen molar-refractivity contribution in [3.8, 4) is 5.75 Å². The lowest BCUT2D eigenvalue weighted by atomic mass is 10.1. The van der Waals surface area contributed by atoms with Crippen LogP contribution in [-0.4, -0.2) is 23.1 Å². The van der Waals surface area contributed by atoms with E-state index < -0.39 is 5.97 Å². The molecule has 0 unspecified atom stereocenters. The van der Waals surface area contributed by atoms with Crippen LogP contribution in [0.15, 0.2) is 48.5 Å². The predicted octanol–water partition coefficient (Wildman–Crippen LogP) is 3.88. The van der Waals surface area contributed by atoms with Crippen LogP contribution < -0.4 is 4.74 Å². The molecule has 25 heavy (non-hydrogen) atoms. The number of benzene rings is 2. The summed E-state index contributed by atoms with van der Waals surface area (Å²) in [5.74, 6) is -0.431. The number of rotatable bonds is 4. The van der Waals surface area contributed by atoms with Crippen LogP contribution in [0.1, 0.15) is 33.3 Å². The Morgan fingerprint density at radius 3 is 2.44 bits per heavy atom. The van der Waals surface area contributed by atoms with E-state index in [1.807, 2.05) is 30.7 Å². The van der Waals surface area contributed by atoms with Crippen molar-refractivity contribution in [2.75, 3.05) is 6.61 Å². The van der Waals surface area contributed by atoms with E-state index in [1.165, 1.54) is 0 Å². The van der Waals surface area contributed by atoms with Crippen LogP contribution in [0.25, 0.3) is 10.9 Å². The van der Waals surface area contributed by atoms with Crippen molar-refractivity contribution in [1.82, 2.24) is 4.57 Å². The SMILES string of the molecule is CCOC(=O)c1c(C)n(C)c2ccc(OC(=O)c3ccccc3)cc12. The molecule has 0 N–H and O–H groups in total. The Balaban J connectivity index is 2.00. The minimum atomic E-state index is -0.440. The van der Waals surface area contributed by atoms with Crippen LogP contribution in [0.4, 0.5) is 0 Å².